The summed E-state index contributed by atoms with van der Waals surface area (Å²) >= 11 is 0. The third kappa shape index (κ3) is 4.20. The van der Waals surface area contributed by atoms with Gasteiger partial charge in [-0.1, -0.05) is 18.2 Å². The molecule has 0 saturated carbocycles. The van der Waals surface area contributed by atoms with E-state index in [4.69, 9.17) is 0 Å². The number of carbonyl (C=O) groups is 1. The number of fused-ring (bicyclic) bond motifs is 2. The summed E-state index contributed by atoms with van der Waals surface area (Å²) in [6.07, 6.45) is -12.4. The number of hydrogen-bond donors (Lipinski definition) is 2. The Bertz CT molecular complexity index is 1590. The highest BCUT2D eigenvalue weighted by atomic mass is 19.4. The van der Waals surface area contributed by atoms with E-state index in [2.05, 4.69) is 5.10 Å². The van der Waals surface area contributed by atoms with Gasteiger partial charge in [0.1, 0.15) is 18.1 Å². The highest BCUT2D eigenvalue weighted by Crippen LogP contribution is 2.44. The maximum absolute atomic E-state index is 14.2. The molecule has 0 unspecified atom stereocenters. The van der Waals surface area contributed by atoms with Gasteiger partial charge in [0.25, 0.3) is 11.2 Å². The molecule has 14 heteroatoms. The van der Waals surface area contributed by atoms with Crippen LogP contribution in [-0.4, -0.2) is 48.5 Å². The van der Waals surface area contributed by atoms with Crippen molar-refractivity contribution in [3.8, 4) is 11.3 Å². The highest BCUT2D eigenvalue weighted by Gasteiger charge is 2.70. The molecular weight excluding hydrogens is 515 g/mol. The van der Waals surface area contributed by atoms with E-state index in [1.807, 2.05) is 0 Å². The van der Waals surface area contributed by atoms with Gasteiger partial charge in [0.15, 0.2) is 0 Å². The summed E-state index contributed by atoms with van der Waals surface area (Å²) in [5.41, 5.74) is -6.63. The molecule has 4 aromatic rings. The first-order chi connectivity index (χ1) is 17.1. The monoisotopic (exact) mass is 531 g/mol. The summed E-state index contributed by atoms with van der Waals surface area (Å²) in [5.74, 6) is -2.04. The van der Waals surface area contributed by atoms with Gasteiger partial charge in [0.05, 0.1) is 11.9 Å². The number of aromatic nitrogens is 3. The zero-order valence-electron chi connectivity index (χ0n) is 18.7. The maximum Gasteiger partial charge on any atom is 0.428 e. The zero-order chi connectivity index (χ0) is 27.5. The number of halogens is 7. The fourth-order valence-electron chi connectivity index (χ4n) is 4.18. The van der Waals surface area contributed by atoms with Crippen LogP contribution in [0, 0.1) is 12.7 Å². The summed E-state index contributed by atoms with van der Waals surface area (Å²) in [5, 5.41) is 22.5. The van der Waals surface area contributed by atoms with Crippen molar-refractivity contribution in [2.75, 3.05) is 0 Å². The van der Waals surface area contributed by atoms with Gasteiger partial charge < -0.3 is 14.8 Å². The van der Waals surface area contributed by atoms with E-state index in [0.717, 1.165) is 18.2 Å². The van der Waals surface area contributed by atoms with Crippen LogP contribution in [0.4, 0.5) is 30.7 Å². The van der Waals surface area contributed by atoms with Gasteiger partial charge in [-0.05, 0) is 31.2 Å². The molecule has 0 spiro atoms. The molecule has 0 radical (unpaired) electrons. The average molecular weight is 531 g/mol. The summed E-state index contributed by atoms with van der Waals surface area (Å²) in [7, 11) is 0. The van der Waals surface area contributed by atoms with Crippen molar-refractivity contribution in [1.82, 2.24) is 14.3 Å². The van der Waals surface area contributed by atoms with Gasteiger partial charge in [0.2, 0.25) is 0 Å². The van der Waals surface area contributed by atoms with Gasteiger partial charge in [-0.25, -0.2) is 9.07 Å². The molecule has 0 saturated heterocycles. The van der Waals surface area contributed by atoms with Crippen molar-refractivity contribution in [2.24, 2.45) is 0 Å². The van der Waals surface area contributed by atoms with E-state index in [9.17, 15) is 50.5 Å². The largest absolute Gasteiger partial charge is 0.480 e. The first-order valence-electron chi connectivity index (χ1n) is 10.4. The van der Waals surface area contributed by atoms with Gasteiger partial charge in [-0.3, -0.25) is 9.59 Å². The Balaban J connectivity index is 2.10. The molecule has 0 aliphatic rings. The van der Waals surface area contributed by atoms with Crippen molar-refractivity contribution < 1.29 is 45.7 Å². The first kappa shape index (κ1) is 26.1. The van der Waals surface area contributed by atoms with Crippen molar-refractivity contribution in [2.45, 2.75) is 38.0 Å². The molecule has 0 fully saturated rings. The van der Waals surface area contributed by atoms with Crippen LogP contribution in [0.1, 0.15) is 5.69 Å². The van der Waals surface area contributed by atoms with Crippen LogP contribution in [0.3, 0.4) is 0 Å². The average Bonchev–Trinajstić information content (AvgIpc) is 3.04. The van der Waals surface area contributed by atoms with Crippen LogP contribution in [-0.2, 0) is 17.9 Å². The number of benzene rings is 2. The number of aliphatic carboxylic acids is 1. The Morgan fingerprint density at radius 1 is 0.973 bits per heavy atom. The van der Waals surface area contributed by atoms with E-state index in [1.54, 1.807) is 0 Å². The molecule has 0 aliphatic carbocycles. The molecule has 2 aromatic heterocycles. The molecule has 2 N–H and O–H groups in total. The number of hydrogen-bond acceptors (Lipinski definition) is 4. The van der Waals surface area contributed by atoms with Crippen LogP contribution in [0.5, 0.6) is 0 Å². The van der Waals surface area contributed by atoms with E-state index >= 15 is 0 Å². The Hall–Kier alpha value is -3.94. The second-order valence-electron chi connectivity index (χ2n) is 8.31. The van der Waals surface area contributed by atoms with Crippen LogP contribution >= 0.6 is 0 Å². The normalized spacial score (nSPS) is 13.0. The summed E-state index contributed by atoms with van der Waals surface area (Å²) in [4.78, 5) is 24.3. The second kappa shape index (κ2) is 8.57. The summed E-state index contributed by atoms with van der Waals surface area (Å²) < 4.78 is 95.6. The lowest BCUT2D eigenvalue weighted by Crippen LogP contribution is -2.60. The van der Waals surface area contributed by atoms with Gasteiger partial charge in [-0.2, -0.15) is 31.4 Å². The minimum atomic E-state index is -6.21. The Kier molecular flexibility index (Phi) is 6.06. The number of carboxylic acid groups (broad SMARTS) is 1. The van der Waals surface area contributed by atoms with Crippen LogP contribution in [0.15, 0.2) is 47.3 Å². The summed E-state index contributed by atoms with van der Waals surface area (Å²) in [6, 6.07) is 8.54. The van der Waals surface area contributed by atoms with Crippen molar-refractivity contribution in [3.05, 3.63) is 64.3 Å². The lowest BCUT2D eigenvalue weighted by molar-refractivity contribution is -0.372. The van der Waals surface area contributed by atoms with E-state index < -0.39 is 48.4 Å². The molecular formula is C23H16F7N3O4. The van der Waals surface area contributed by atoms with Crippen LogP contribution in [0.25, 0.3) is 32.9 Å². The van der Waals surface area contributed by atoms with E-state index in [-0.39, 0.29) is 43.3 Å². The molecule has 2 heterocycles. The van der Waals surface area contributed by atoms with Gasteiger partial charge in [-0.15, -0.1) is 0 Å². The molecule has 4 rings (SSSR count). The van der Waals surface area contributed by atoms with E-state index in [0.29, 0.717) is 0 Å². The number of alkyl halides is 6. The number of nitrogens with zero attached hydrogens (tertiary/aromatic N) is 3. The Labute approximate surface area is 202 Å². The predicted octanol–water partition coefficient (Wildman–Crippen LogP) is 4.41. The number of aliphatic hydroxyl groups is 1. The third-order valence-electron chi connectivity index (χ3n) is 6.00. The van der Waals surface area contributed by atoms with Gasteiger partial charge in [0, 0.05) is 27.5 Å². The molecule has 2 aromatic carbocycles. The highest BCUT2D eigenvalue weighted by molar-refractivity contribution is 6.05. The molecule has 0 atom stereocenters. The lowest BCUT2D eigenvalue weighted by atomic mass is 10.0. The fraction of sp³-hybridized carbons (Fsp3) is 0.261. The fourth-order valence-corrected chi connectivity index (χ4v) is 4.18. The quantitative estimate of drug-likeness (QED) is 0.372. The van der Waals surface area contributed by atoms with E-state index in [1.165, 1.54) is 35.8 Å². The Morgan fingerprint density at radius 2 is 1.57 bits per heavy atom. The number of carboxylic acids is 1. The Morgan fingerprint density at radius 3 is 2.14 bits per heavy atom. The van der Waals surface area contributed by atoms with Crippen molar-refractivity contribution in [3.63, 3.8) is 0 Å². The topological polar surface area (TPSA) is 97.4 Å². The smallest absolute Gasteiger partial charge is 0.428 e. The molecule has 7 nitrogen and oxygen atoms in total. The predicted molar refractivity (Wildman–Crippen MR) is 116 cm³/mol. The molecule has 196 valence electrons. The van der Waals surface area contributed by atoms with Crippen LogP contribution in [0.2, 0.25) is 0 Å². The van der Waals surface area contributed by atoms with Crippen molar-refractivity contribution >= 4 is 27.6 Å². The summed E-state index contributed by atoms with van der Waals surface area (Å²) in [6.45, 7) is -1.50. The maximum atomic E-state index is 14.2. The first-order valence-corrected chi connectivity index (χ1v) is 10.4. The van der Waals surface area contributed by atoms with Crippen molar-refractivity contribution in [1.29, 1.82) is 0 Å². The zero-order valence-corrected chi connectivity index (χ0v) is 18.7. The SMILES string of the molecule is Cc1c(-c2nn(CC(O)(C(F)(F)F)C(F)(F)F)c(=O)c3ccccc23)c2cc(F)ccc2n1CC(=O)O. The second-order valence-corrected chi connectivity index (χ2v) is 8.31. The van der Waals surface area contributed by atoms with Crippen LogP contribution < -0.4 is 5.56 Å². The molecule has 0 bridgehead atoms. The number of rotatable bonds is 5. The molecule has 0 aliphatic heterocycles. The standard InChI is InChI=1S/C23H16F7N3O4/c1-11-18(15-8-12(24)6-7-16(15)32(11)9-17(34)35)19-13-4-2-3-5-14(13)20(36)33(31-19)10-21(37,22(25,26)27)23(28,29)30/h2-8,37H,9-10H2,1H3,(H,34,35). The molecule has 0 amide bonds. The molecule has 37 heavy (non-hydrogen) atoms. The lowest BCUT2D eigenvalue weighted by Gasteiger charge is -2.32. The minimum Gasteiger partial charge on any atom is -0.480 e. The van der Waals surface area contributed by atoms with Gasteiger partial charge >= 0.3 is 18.3 Å². The third-order valence-corrected chi connectivity index (χ3v) is 6.00. The minimum absolute atomic E-state index is 0.00745.